The Hall–Kier alpha value is -2.11. The average Bonchev–Trinajstić information content (AvgIpc) is 2.36. The fourth-order valence-corrected chi connectivity index (χ4v) is 1.49. The van der Waals surface area contributed by atoms with Crippen LogP contribution >= 0.6 is 0 Å². The molecule has 6 heteroatoms. The summed E-state index contributed by atoms with van der Waals surface area (Å²) >= 11 is 0. The van der Waals surface area contributed by atoms with Crippen LogP contribution in [0.15, 0.2) is 38.7 Å². The van der Waals surface area contributed by atoms with Crippen molar-refractivity contribution in [3.8, 4) is 0 Å². The molecular weight excluding hydrogens is 234 g/mol. The van der Waals surface area contributed by atoms with E-state index < -0.39 is 17.1 Å². The molecule has 18 heavy (non-hydrogen) atoms. The van der Waals surface area contributed by atoms with Crippen molar-refractivity contribution in [3.05, 3.63) is 55.8 Å². The van der Waals surface area contributed by atoms with Gasteiger partial charge in [-0.3, -0.25) is 0 Å². The molecule has 0 radical (unpaired) electrons. The Morgan fingerprint density at radius 3 is 1.56 bits per heavy atom. The maximum atomic E-state index is 12.0. The zero-order valence-electron chi connectivity index (χ0n) is 10.8. The van der Waals surface area contributed by atoms with Crippen molar-refractivity contribution in [1.82, 2.24) is 13.7 Å². The van der Waals surface area contributed by atoms with Gasteiger partial charge >= 0.3 is 17.1 Å². The minimum atomic E-state index is -0.597. The lowest BCUT2D eigenvalue weighted by Crippen LogP contribution is -2.53. The molecule has 0 bridgehead atoms. The minimum absolute atomic E-state index is 0.165. The lowest BCUT2D eigenvalue weighted by atomic mass is 10.5. The number of aromatic nitrogens is 3. The topological polar surface area (TPSA) is 66.0 Å². The molecule has 0 aromatic carbocycles. The lowest BCUT2D eigenvalue weighted by Gasteiger charge is -2.08. The predicted molar refractivity (Wildman–Crippen MR) is 69.8 cm³/mol. The number of allylic oxidation sites excluding steroid dienone is 4. The molecule has 0 atom stereocenters. The molecule has 0 saturated carbocycles. The summed E-state index contributed by atoms with van der Waals surface area (Å²) < 4.78 is 3.00. The first-order chi connectivity index (χ1) is 8.54. The van der Waals surface area contributed by atoms with Crippen LogP contribution in [0.1, 0.15) is 13.8 Å². The van der Waals surface area contributed by atoms with Gasteiger partial charge in [0, 0.05) is 7.05 Å². The highest BCUT2D eigenvalue weighted by Crippen LogP contribution is 1.79. The zero-order chi connectivity index (χ0) is 13.7. The number of hydrogen-bond donors (Lipinski definition) is 0. The maximum absolute atomic E-state index is 12.0. The minimum Gasteiger partial charge on any atom is -0.248 e. The molecule has 98 valence electrons. The van der Waals surface area contributed by atoms with E-state index in [1.54, 1.807) is 38.2 Å². The van der Waals surface area contributed by atoms with E-state index in [-0.39, 0.29) is 13.1 Å². The van der Waals surface area contributed by atoms with E-state index in [4.69, 9.17) is 0 Å². The van der Waals surface area contributed by atoms with Gasteiger partial charge in [0.15, 0.2) is 0 Å². The van der Waals surface area contributed by atoms with Crippen molar-refractivity contribution < 1.29 is 0 Å². The molecule has 1 heterocycles. The van der Waals surface area contributed by atoms with Crippen molar-refractivity contribution in [2.45, 2.75) is 26.9 Å². The highest BCUT2D eigenvalue weighted by Gasteiger charge is 2.10. The molecule has 1 rings (SSSR count). The van der Waals surface area contributed by atoms with E-state index >= 15 is 0 Å². The van der Waals surface area contributed by atoms with Crippen LogP contribution < -0.4 is 17.1 Å². The van der Waals surface area contributed by atoms with Crippen LogP contribution in [0.4, 0.5) is 0 Å². The van der Waals surface area contributed by atoms with E-state index in [0.29, 0.717) is 0 Å². The monoisotopic (exact) mass is 251 g/mol. The Kier molecular flexibility index (Phi) is 4.65. The Morgan fingerprint density at radius 2 is 1.22 bits per heavy atom. The Balaban J connectivity index is 3.54. The summed E-state index contributed by atoms with van der Waals surface area (Å²) in [7, 11) is 1.36. The van der Waals surface area contributed by atoms with E-state index in [9.17, 15) is 14.4 Å². The summed E-state index contributed by atoms with van der Waals surface area (Å²) in [5.74, 6) is 0. The van der Waals surface area contributed by atoms with Crippen LogP contribution in [0.3, 0.4) is 0 Å². The molecule has 0 amide bonds. The Morgan fingerprint density at radius 1 is 0.833 bits per heavy atom. The summed E-state index contributed by atoms with van der Waals surface area (Å²) in [4.78, 5) is 35.6. The van der Waals surface area contributed by atoms with E-state index in [0.717, 1.165) is 13.7 Å². The average molecular weight is 251 g/mol. The van der Waals surface area contributed by atoms with Crippen LogP contribution in [-0.2, 0) is 20.1 Å². The second-order valence-corrected chi connectivity index (χ2v) is 3.77. The van der Waals surface area contributed by atoms with Gasteiger partial charge in [0.05, 0.1) is 13.1 Å². The molecule has 6 nitrogen and oxygen atoms in total. The quantitative estimate of drug-likeness (QED) is 0.700. The number of nitrogens with zero attached hydrogens (tertiary/aromatic N) is 3. The van der Waals surface area contributed by atoms with Gasteiger partial charge < -0.3 is 0 Å². The molecule has 0 spiro atoms. The number of rotatable bonds is 4. The smallest absolute Gasteiger partial charge is 0.248 e. The van der Waals surface area contributed by atoms with Crippen LogP contribution in [0, 0.1) is 0 Å². The van der Waals surface area contributed by atoms with Crippen molar-refractivity contribution >= 4 is 0 Å². The standard InChI is InChI=1S/C12H17N3O3/c1-4-6-8-14-10(16)13(3)11(17)15(12(14)18)9-7-5-2/h4-7H,8-9H2,1-3H3/b6-4+,7-5+. The van der Waals surface area contributed by atoms with Crippen LogP contribution in [0.2, 0.25) is 0 Å². The summed E-state index contributed by atoms with van der Waals surface area (Å²) in [5, 5.41) is 0. The summed E-state index contributed by atoms with van der Waals surface area (Å²) in [6.07, 6.45) is 6.86. The number of hydrogen-bond acceptors (Lipinski definition) is 3. The normalized spacial score (nSPS) is 11.7. The predicted octanol–water partition coefficient (Wildman–Crippen LogP) is -0.139. The molecule has 0 aliphatic heterocycles. The zero-order valence-corrected chi connectivity index (χ0v) is 10.8. The molecule has 1 aromatic heterocycles. The lowest BCUT2D eigenvalue weighted by molar-refractivity contribution is 0.516. The Labute approximate surface area is 104 Å². The van der Waals surface area contributed by atoms with Gasteiger partial charge in [-0.1, -0.05) is 24.3 Å². The molecule has 1 aromatic rings. The highest BCUT2D eigenvalue weighted by molar-refractivity contribution is 4.86. The fraction of sp³-hybridized carbons (Fsp3) is 0.417. The van der Waals surface area contributed by atoms with Gasteiger partial charge in [-0.25, -0.2) is 28.1 Å². The Bertz CT molecular complexity index is 592. The first-order valence-electron chi connectivity index (χ1n) is 5.67. The third-order valence-electron chi connectivity index (χ3n) is 2.54. The van der Waals surface area contributed by atoms with Crippen LogP contribution in [0.5, 0.6) is 0 Å². The largest absolute Gasteiger partial charge is 0.336 e. The third kappa shape index (κ3) is 2.58. The summed E-state index contributed by atoms with van der Waals surface area (Å²) in [6, 6.07) is 0. The summed E-state index contributed by atoms with van der Waals surface area (Å²) in [5.41, 5.74) is -1.78. The first kappa shape index (κ1) is 14.0. The van der Waals surface area contributed by atoms with E-state index in [1.165, 1.54) is 7.05 Å². The molecule has 0 unspecified atom stereocenters. The van der Waals surface area contributed by atoms with Gasteiger partial charge in [0.25, 0.3) is 0 Å². The van der Waals surface area contributed by atoms with Gasteiger partial charge in [-0.2, -0.15) is 0 Å². The molecule has 0 aliphatic rings. The first-order valence-corrected chi connectivity index (χ1v) is 5.67. The van der Waals surface area contributed by atoms with Gasteiger partial charge in [-0.15, -0.1) is 0 Å². The van der Waals surface area contributed by atoms with Crippen LogP contribution in [-0.4, -0.2) is 13.7 Å². The van der Waals surface area contributed by atoms with Gasteiger partial charge in [-0.05, 0) is 13.8 Å². The maximum Gasteiger partial charge on any atom is 0.336 e. The summed E-state index contributed by atoms with van der Waals surface area (Å²) in [6.45, 7) is 3.92. The molecular formula is C12H17N3O3. The molecule has 0 saturated heterocycles. The third-order valence-corrected chi connectivity index (χ3v) is 2.54. The van der Waals surface area contributed by atoms with Gasteiger partial charge in [0.2, 0.25) is 0 Å². The van der Waals surface area contributed by atoms with Gasteiger partial charge in [0.1, 0.15) is 0 Å². The van der Waals surface area contributed by atoms with Crippen molar-refractivity contribution in [2.24, 2.45) is 7.05 Å². The van der Waals surface area contributed by atoms with Crippen molar-refractivity contribution in [1.29, 1.82) is 0 Å². The van der Waals surface area contributed by atoms with E-state index in [2.05, 4.69) is 0 Å². The van der Waals surface area contributed by atoms with E-state index in [1.807, 2.05) is 0 Å². The molecule has 0 fully saturated rings. The van der Waals surface area contributed by atoms with Crippen molar-refractivity contribution in [2.75, 3.05) is 0 Å². The SMILES string of the molecule is C/C=C/Cn1c(=O)n(C)c(=O)n(C/C=C/C)c1=O. The van der Waals surface area contributed by atoms with Crippen molar-refractivity contribution in [3.63, 3.8) is 0 Å². The fourth-order valence-electron chi connectivity index (χ4n) is 1.49. The van der Waals surface area contributed by atoms with Crippen LogP contribution in [0.25, 0.3) is 0 Å². The highest BCUT2D eigenvalue weighted by atomic mass is 16.2. The molecule has 0 aliphatic carbocycles. The second-order valence-electron chi connectivity index (χ2n) is 3.77. The second kappa shape index (κ2) is 6.00. The molecule has 0 N–H and O–H groups in total.